The van der Waals surface area contributed by atoms with Gasteiger partial charge >= 0.3 is 17.9 Å². The number of ether oxygens (including phenoxy) is 2. The average molecular weight is 314 g/mol. The molecule has 0 radical (unpaired) electrons. The molecule has 0 bridgehead atoms. The van der Waals surface area contributed by atoms with Gasteiger partial charge in [-0.15, -0.1) is 0 Å². The molecule has 126 valence electrons. The number of carbonyl (C=O) groups is 3. The first-order valence-corrected chi connectivity index (χ1v) is 6.50. The van der Waals surface area contributed by atoms with E-state index >= 15 is 0 Å². The van der Waals surface area contributed by atoms with Crippen LogP contribution in [0.1, 0.15) is 27.7 Å². The van der Waals surface area contributed by atoms with Gasteiger partial charge in [-0.25, -0.2) is 14.4 Å². The largest absolute Gasteiger partial charge is 0.478 e. The van der Waals surface area contributed by atoms with Crippen LogP contribution in [0.15, 0.2) is 37.0 Å². The Labute approximate surface area is 132 Å². The molecule has 6 nitrogen and oxygen atoms in total. The SMILES string of the molecule is C=C(C(=O)OC)C(C)C.C=C(C)C(=O)O.C=CC(=O)OCC. The van der Waals surface area contributed by atoms with E-state index in [4.69, 9.17) is 5.11 Å². The summed E-state index contributed by atoms with van der Waals surface area (Å²) in [7, 11) is 1.36. The zero-order chi connectivity index (χ0) is 18.3. The number of carboxylic acids is 1. The Bertz CT molecular complexity index is 395. The van der Waals surface area contributed by atoms with Crippen molar-refractivity contribution < 1.29 is 29.0 Å². The third-order valence-corrected chi connectivity index (χ3v) is 1.96. The van der Waals surface area contributed by atoms with Crippen molar-refractivity contribution in [3.05, 3.63) is 37.0 Å². The summed E-state index contributed by atoms with van der Waals surface area (Å²) in [5.74, 6) is -1.43. The smallest absolute Gasteiger partial charge is 0.333 e. The van der Waals surface area contributed by atoms with Crippen molar-refractivity contribution in [1.29, 1.82) is 0 Å². The minimum Gasteiger partial charge on any atom is -0.478 e. The number of aliphatic carboxylic acids is 1. The molecular formula is C16H26O6. The maximum absolute atomic E-state index is 10.6. The van der Waals surface area contributed by atoms with Gasteiger partial charge in [-0.3, -0.25) is 0 Å². The van der Waals surface area contributed by atoms with Gasteiger partial charge in [0.2, 0.25) is 0 Å². The van der Waals surface area contributed by atoms with Crippen LogP contribution in [0, 0.1) is 5.92 Å². The van der Waals surface area contributed by atoms with E-state index in [2.05, 4.69) is 29.2 Å². The van der Waals surface area contributed by atoms with Gasteiger partial charge in [-0.1, -0.05) is 33.6 Å². The number of methoxy groups -OCH3 is 1. The lowest BCUT2D eigenvalue weighted by atomic mass is 10.1. The van der Waals surface area contributed by atoms with Crippen LogP contribution in [0.2, 0.25) is 0 Å². The van der Waals surface area contributed by atoms with E-state index in [0.717, 1.165) is 6.08 Å². The van der Waals surface area contributed by atoms with Crippen molar-refractivity contribution in [1.82, 2.24) is 0 Å². The summed E-state index contributed by atoms with van der Waals surface area (Å²) in [4.78, 5) is 30.3. The fourth-order valence-corrected chi connectivity index (χ4v) is 0.568. The Morgan fingerprint density at radius 3 is 1.73 bits per heavy atom. The van der Waals surface area contributed by atoms with Crippen molar-refractivity contribution in [2.24, 2.45) is 5.92 Å². The Morgan fingerprint density at radius 1 is 1.23 bits per heavy atom. The van der Waals surface area contributed by atoms with Crippen molar-refractivity contribution in [2.75, 3.05) is 13.7 Å². The molecule has 0 heterocycles. The lowest BCUT2D eigenvalue weighted by molar-refractivity contribution is -0.137. The number of carboxylic acid groups (broad SMARTS) is 1. The summed E-state index contributed by atoms with van der Waals surface area (Å²) in [5, 5.41) is 7.89. The molecule has 0 unspecified atom stereocenters. The van der Waals surface area contributed by atoms with Gasteiger partial charge < -0.3 is 14.6 Å². The average Bonchev–Trinajstić information content (AvgIpc) is 2.46. The first-order chi connectivity index (χ1) is 10.0. The van der Waals surface area contributed by atoms with Gasteiger partial charge in [0.25, 0.3) is 0 Å². The topological polar surface area (TPSA) is 89.9 Å². The first kappa shape index (κ1) is 24.6. The number of esters is 2. The Kier molecular flexibility index (Phi) is 16.8. The highest BCUT2D eigenvalue weighted by molar-refractivity contribution is 5.87. The maximum atomic E-state index is 10.6. The molecule has 1 N–H and O–H groups in total. The van der Waals surface area contributed by atoms with E-state index in [1.54, 1.807) is 6.92 Å². The molecule has 0 saturated carbocycles. The van der Waals surface area contributed by atoms with E-state index in [-0.39, 0.29) is 23.4 Å². The van der Waals surface area contributed by atoms with Crippen LogP contribution < -0.4 is 0 Å². The van der Waals surface area contributed by atoms with Gasteiger partial charge in [-0.2, -0.15) is 0 Å². The van der Waals surface area contributed by atoms with Crippen LogP contribution in [0.5, 0.6) is 0 Å². The Morgan fingerprint density at radius 2 is 1.64 bits per heavy atom. The molecule has 0 fully saturated rings. The number of hydrogen-bond donors (Lipinski definition) is 1. The highest BCUT2D eigenvalue weighted by Gasteiger charge is 2.09. The normalized spacial score (nSPS) is 8.27. The van der Waals surface area contributed by atoms with Crippen molar-refractivity contribution >= 4 is 17.9 Å². The second-order valence-corrected chi connectivity index (χ2v) is 4.21. The van der Waals surface area contributed by atoms with E-state index in [0.29, 0.717) is 12.2 Å². The molecule has 0 aromatic heterocycles. The predicted octanol–water partition coefficient (Wildman–Crippen LogP) is 2.75. The first-order valence-electron chi connectivity index (χ1n) is 6.50. The molecule has 0 aromatic rings. The number of carbonyl (C=O) groups excluding carboxylic acids is 2. The minimum absolute atomic E-state index is 0.176. The molecular weight excluding hydrogens is 288 g/mol. The molecule has 0 rings (SSSR count). The minimum atomic E-state index is -0.935. The van der Waals surface area contributed by atoms with E-state index in [9.17, 15) is 14.4 Å². The van der Waals surface area contributed by atoms with E-state index < -0.39 is 5.97 Å². The van der Waals surface area contributed by atoms with E-state index in [1.165, 1.54) is 14.0 Å². The summed E-state index contributed by atoms with van der Waals surface area (Å²) < 4.78 is 8.87. The lowest BCUT2D eigenvalue weighted by Crippen LogP contribution is -2.08. The Balaban J connectivity index is -0.000000252. The lowest BCUT2D eigenvalue weighted by Gasteiger charge is -2.04. The van der Waals surface area contributed by atoms with Crippen LogP contribution in [0.3, 0.4) is 0 Å². The second kappa shape index (κ2) is 15.0. The fourth-order valence-electron chi connectivity index (χ4n) is 0.568. The zero-order valence-corrected chi connectivity index (χ0v) is 14.0. The van der Waals surface area contributed by atoms with Crippen LogP contribution in [0.4, 0.5) is 0 Å². The number of rotatable bonds is 5. The van der Waals surface area contributed by atoms with Gasteiger partial charge in [0.1, 0.15) is 0 Å². The highest BCUT2D eigenvalue weighted by atomic mass is 16.5. The quantitative estimate of drug-likeness (QED) is 0.620. The zero-order valence-electron chi connectivity index (χ0n) is 14.0. The molecule has 0 atom stereocenters. The summed E-state index contributed by atoms with van der Waals surface area (Å²) in [6.45, 7) is 17.3. The molecule has 0 aromatic carbocycles. The van der Waals surface area contributed by atoms with Crippen LogP contribution in [-0.2, 0) is 23.9 Å². The monoisotopic (exact) mass is 314 g/mol. The van der Waals surface area contributed by atoms with Crippen molar-refractivity contribution in [3.8, 4) is 0 Å². The third-order valence-electron chi connectivity index (χ3n) is 1.96. The molecule has 0 spiro atoms. The third kappa shape index (κ3) is 17.6. The molecule has 0 aliphatic heterocycles. The van der Waals surface area contributed by atoms with Gasteiger partial charge in [0.15, 0.2) is 0 Å². The van der Waals surface area contributed by atoms with Crippen LogP contribution in [-0.4, -0.2) is 36.7 Å². The van der Waals surface area contributed by atoms with Crippen LogP contribution >= 0.6 is 0 Å². The predicted molar refractivity (Wildman–Crippen MR) is 85.3 cm³/mol. The molecule has 22 heavy (non-hydrogen) atoms. The van der Waals surface area contributed by atoms with Crippen molar-refractivity contribution in [2.45, 2.75) is 27.7 Å². The van der Waals surface area contributed by atoms with Gasteiger partial charge in [0.05, 0.1) is 13.7 Å². The fraction of sp³-hybridized carbons (Fsp3) is 0.438. The Hall–Kier alpha value is -2.37. The van der Waals surface area contributed by atoms with Gasteiger partial charge in [-0.05, 0) is 19.8 Å². The maximum Gasteiger partial charge on any atom is 0.333 e. The molecule has 0 aliphatic carbocycles. The summed E-state index contributed by atoms with van der Waals surface area (Å²) in [6, 6.07) is 0. The molecule has 0 saturated heterocycles. The van der Waals surface area contributed by atoms with E-state index in [1.807, 2.05) is 13.8 Å². The summed E-state index contributed by atoms with van der Waals surface area (Å²) >= 11 is 0. The summed E-state index contributed by atoms with van der Waals surface area (Å²) in [5.41, 5.74) is 0.701. The molecule has 0 aliphatic rings. The van der Waals surface area contributed by atoms with Crippen LogP contribution in [0.25, 0.3) is 0 Å². The molecule has 6 heteroatoms. The van der Waals surface area contributed by atoms with Crippen molar-refractivity contribution in [3.63, 3.8) is 0 Å². The van der Waals surface area contributed by atoms with Gasteiger partial charge in [0, 0.05) is 17.2 Å². The number of hydrogen-bond acceptors (Lipinski definition) is 5. The highest BCUT2D eigenvalue weighted by Crippen LogP contribution is 2.06. The second-order valence-electron chi connectivity index (χ2n) is 4.21. The summed E-state index contributed by atoms with van der Waals surface area (Å²) in [6.07, 6.45) is 1.14. The standard InChI is InChI=1S/C7H12O2.C5H8O2.C4H6O2/c1-5(2)6(3)7(8)9-4;1-3-5(6)7-4-2;1-3(2)4(5)6/h5H,3H2,1-2,4H3;3H,1,4H2,2H3;1H2,2H3,(H,5,6). The molecule has 0 amide bonds.